The quantitative estimate of drug-likeness (QED) is 0.168. The van der Waals surface area contributed by atoms with Crippen LogP contribution < -0.4 is 20.7 Å². The number of aromatic nitrogens is 3. The Balaban J connectivity index is 0.916. The molecule has 7 rings (SSSR count). The molecule has 2 atom stereocenters. The van der Waals surface area contributed by atoms with Crippen molar-refractivity contribution >= 4 is 11.8 Å². The summed E-state index contributed by atoms with van der Waals surface area (Å²) in [6, 6.07) is 18.4. The van der Waals surface area contributed by atoms with Crippen molar-refractivity contribution in [1.29, 1.82) is 0 Å². The maximum Gasteiger partial charge on any atom is 0.271 e. The number of pyridine rings is 1. The lowest BCUT2D eigenvalue weighted by Crippen LogP contribution is -2.54. The molecule has 2 fully saturated rings. The number of hydrogen-bond acceptors (Lipinski definition) is 7. The SMILES string of the molecule is CC1CN(CCCc2ccc(-c3cccc(Oc4ncc(F)cc4C(=O)NC4CCC(NC(=O)c5cn6c(n5)CCCC6)CC4)c3)cc2)CC(C)N1. The number of hydrogen-bond donors (Lipinski definition) is 3. The van der Waals surface area contributed by atoms with Gasteiger partial charge in [-0.25, -0.2) is 14.4 Å². The second kappa shape index (κ2) is 16.4. The molecule has 3 aliphatic rings. The predicted molar refractivity (Wildman–Crippen MR) is 199 cm³/mol. The Labute approximate surface area is 305 Å². The summed E-state index contributed by atoms with van der Waals surface area (Å²) in [6.45, 7) is 8.70. The molecular weight excluding hydrogens is 657 g/mol. The van der Waals surface area contributed by atoms with Crippen molar-refractivity contribution < 1.29 is 18.7 Å². The summed E-state index contributed by atoms with van der Waals surface area (Å²) < 4.78 is 22.6. The van der Waals surface area contributed by atoms with Gasteiger partial charge in [0.15, 0.2) is 0 Å². The van der Waals surface area contributed by atoms with Crippen LogP contribution in [0.1, 0.15) is 91.0 Å². The van der Waals surface area contributed by atoms with E-state index in [2.05, 4.69) is 73.5 Å². The number of ether oxygens (including phenoxy) is 1. The highest BCUT2D eigenvalue weighted by molar-refractivity contribution is 5.96. The Bertz CT molecular complexity index is 1820. The van der Waals surface area contributed by atoms with Gasteiger partial charge < -0.3 is 30.2 Å². The Morgan fingerprint density at radius 1 is 0.923 bits per heavy atom. The summed E-state index contributed by atoms with van der Waals surface area (Å²) in [5.74, 6) is 0.325. The Hall–Kier alpha value is -4.61. The summed E-state index contributed by atoms with van der Waals surface area (Å²) >= 11 is 0. The van der Waals surface area contributed by atoms with E-state index in [0.29, 0.717) is 36.4 Å². The number of carbonyl (C=O) groups excluding carboxylic acids is 2. The van der Waals surface area contributed by atoms with Crippen molar-refractivity contribution in [2.75, 3.05) is 19.6 Å². The standard InChI is InChI=1S/C41H50FN7O3/c1-27-24-48(25-28(2)44-27)19-6-7-29-11-13-30(14-12-29)31-8-5-9-35(21-31)52-41-36(22-32(42)23-43-41)39(50)45-33-15-17-34(18-16-33)46-40(51)37-26-49-20-4-3-10-38(49)47-37/h5,8-9,11-14,21-23,26-28,33-34,44H,3-4,6-7,10,15-20,24-25H2,1-2H3,(H,45,50)(H,46,51). The second-order valence-electron chi connectivity index (χ2n) is 14.9. The van der Waals surface area contributed by atoms with Crippen LogP contribution in [-0.4, -0.2) is 75.1 Å². The second-order valence-corrected chi connectivity index (χ2v) is 14.9. The van der Waals surface area contributed by atoms with Crippen molar-refractivity contribution in [1.82, 2.24) is 35.4 Å². The van der Waals surface area contributed by atoms with E-state index in [1.54, 1.807) is 6.07 Å². The van der Waals surface area contributed by atoms with E-state index in [0.717, 1.165) is 94.3 Å². The van der Waals surface area contributed by atoms with Crippen LogP contribution in [0.15, 0.2) is 67.0 Å². The topological polar surface area (TPSA) is 113 Å². The smallest absolute Gasteiger partial charge is 0.271 e. The summed E-state index contributed by atoms with van der Waals surface area (Å²) in [6.07, 6.45) is 11.0. The number of nitrogens with zero attached hydrogens (tertiary/aromatic N) is 4. The van der Waals surface area contributed by atoms with Gasteiger partial charge in [-0.3, -0.25) is 9.59 Å². The minimum Gasteiger partial charge on any atom is -0.438 e. The highest BCUT2D eigenvalue weighted by Gasteiger charge is 2.27. The molecule has 2 unspecified atom stereocenters. The molecule has 4 aromatic rings. The largest absolute Gasteiger partial charge is 0.438 e. The molecule has 2 aromatic heterocycles. The highest BCUT2D eigenvalue weighted by atomic mass is 19.1. The number of amides is 2. The molecule has 3 N–H and O–H groups in total. The zero-order valence-corrected chi connectivity index (χ0v) is 30.2. The predicted octanol–water partition coefficient (Wildman–Crippen LogP) is 6.30. The van der Waals surface area contributed by atoms with Crippen molar-refractivity contribution in [3.8, 4) is 22.8 Å². The van der Waals surface area contributed by atoms with E-state index >= 15 is 0 Å². The first-order valence-electron chi connectivity index (χ1n) is 18.9. The average Bonchev–Trinajstić information content (AvgIpc) is 3.58. The van der Waals surface area contributed by atoms with Crippen LogP contribution in [0.25, 0.3) is 11.1 Å². The average molecular weight is 708 g/mol. The first kappa shape index (κ1) is 35.8. The van der Waals surface area contributed by atoms with Gasteiger partial charge >= 0.3 is 0 Å². The fraction of sp³-hybridized carbons (Fsp3) is 0.463. The molecule has 10 nitrogen and oxygen atoms in total. The number of fused-ring (bicyclic) bond motifs is 1. The van der Waals surface area contributed by atoms with Crippen molar-refractivity contribution in [2.24, 2.45) is 0 Å². The molecule has 11 heteroatoms. The molecule has 52 heavy (non-hydrogen) atoms. The first-order chi connectivity index (χ1) is 25.3. The number of nitrogens with one attached hydrogen (secondary N) is 3. The monoisotopic (exact) mass is 707 g/mol. The van der Waals surface area contributed by atoms with Crippen LogP contribution in [0.4, 0.5) is 4.39 Å². The summed E-state index contributed by atoms with van der Waals surface area (Å²) in [4.78, 5) is 37.6. The van der Waals surface area contributed by atoms with Crippen LogP contribution in [0.2, 0.25) is 0 Å². The lowest BCUT2D eigenvalue weighted by atomic mass is 9.91. The number of rotatable bonds is 11. The zero-order chi connectivity index (χ0) is 36.0. The normalized spacial score (nSPS) is 22.0. The van der Waals surface area contributed by atoms with Crippen LogP contribution in [-0.2, 0) is 19.4 Å². The van der Waals surface area contributed by atoms with Crippen molar-refractivity contribution in [3.63, 3.8) is 0 Å². The Kier molecular flexibility index (Phi) is 11.3. The lowest BCUT2D eigenvalue weighted by Gasteiger charge is -2.36. The number of carbonyl (C=O) groups is 2. The maximum atomic E-state index is 14.4. The zero-order valence-electron chi connectivity index (χ0n) is 30.2. The Morgan fingerprint density at radius 3 is 2.38 bits per heavy atom. The third-order valence-corrected chi connectivity index (χ3v) is 10.5. The molecule has 0 bridgehead atoms. The van der Waals surface area contributed by atoms with Gasteiger partial charge in [-0.1, -0.05) is 36.4 Å². The van der Waals surface area contributed by atoms with Crippen molar-refractivity contribution in [2.45, 2.75) is 102 Å². The van der Waals surface area contributed by atoms with E-state index in [9.17, 15) is 14.0 Å². The summed E-state index contributed by atoms with van der Waals surface area (Å²) in [5, 5.41) is 9.77. The van der Waals surface area contributed by atoms with Crippen molar-refractivity contribution in [3.05, 3.63) is 95.5 Å². The van der Waals surface area contributed by atoms with E-state index in [-0.39, 0.29) is 29.4 Å². The van der Waals surface area contributed by atoms with E-state index in [4.69, 9.17) is 4.74 Å². The number of benzene rings is 2. The highest BCUT2D eigenvalue weighted by Crippen LogP contribution is 2.30. The van der Waals surface area contributed by atoms with Gasteiger partial charge in [-0.15, -0.1) is 0 Å². The Morgan fingerprint density at radius 2 is 1.65 bits per heavy atom. The van der Waals surface area contributed by atoms with E-state index < -0.39 is 11.7 Å². The molecule has 1 saturated heterocycles. The van der Waals surface area contributed by atoms with E-state index in [1.165, 1.54) is 11.6 Å². The minimum atomic E-state index is -0.615. The molecule has 274 valence electrons. The van der Waals surface area contributed by atoms with Gasteiger partial charge in [0.1, 0.15) is 28.6 Å². The molecule has 1 aliphatic carbocycles. The molecule has 1 saturated carbocycles. The third kappa shape index (κ3) is 9.05. The van der Waals surface area contributed by atoms with Gasteiger partial charge in [0.2, 0.25) is 5.88 Å². The minimum absolute atomic E-state index is 0.00742. The van der Waals surface area contributed by atoms with E-state index in [1.807, 2.05) is 24.4 Å². The number of aryl methyl sites for hydroxylation is 3. The summed E-state index contributed by atoms with van der Waals surface area (Å²) in [7, 11) is 0. The molecule has 2 amide bonds. The molecule has 2 aromatic carbocycles. The molecule has 2 aliphatic heterocycles. The molecule has 0 spiro atoms. The number of halogens is 1. The number of piperazine rings is 1. The van der Waals surface area contributed by atoms with Gasteiger partial charge in [-0.05, 0) is 107 Å². The maximum absolute atomic E-state index is 14.4. The third-order valence-electron chi connectivity index (χ3n) is 10.5. The lowest BCUT2D eigenvalue weighted by molar-refractivity contribution is 0.0887. The van der Waals surface area contributed by atoms with Crippen LogP contribution in [0.5, 0.6) is 11.6 Å². The fourth-order valence-corrected chi connectivity index (χ4v) is 7.94. The first-order valence-corrected chi connectivity index (χ1v) is 18.9. The molecular formula is C41H50FN7O3. The van der Waals surface area contributed by atoms with Gasteiger partial charge in [0.05, 0.1) is 6.20 Å². The number of imidazole rings is 1. The molecule has 0 radical (unpaired) electrons. The summed E-state index contributed by atoms with van der Waals surface area (Å²) in [5.41, 5.74) is 3.85. The fourth-order valence-electron chi connectivity index (χ4n) is 7.94. The van der Waals surface area contributed by atoms with Gasteiger partial charge in [0, 0.05) is 56.4 Å². The van der Waals surface area contributed by atoms with Crippen LogP contribution in [0.3, 0.4) is 0 Å². The van der Waals surface area contributed by atoms with Crippen LogP contribution in [0, 0.1) is 5.82 Å². The molecule has 4 heterocycles. The van der Waals surface area contributed by atoms with Crippen LogP contribution >= 0.6 is 0 Å². The van der Waals surface area contributed by atoms with Gasteiger partial charge in [-0.2, -0.15) is 0 Å². The van der Waals surface area contributed by atoms with Gasteiger partial charge in [0.25, 0.3) is 11.8 Å².